The second-order valence-electron chi connectivity index (χ2n) is 8.16. The molecule has 0 aliphatic rings. The fourth-order valence-electron chi connectivity index (χ4n) is 3.82. The van der Waals surface area contributed by atoms with Crippen LogP contribution in [0, 0.1) is 41.5 Å². The number of fused-ring (bicyclic) bond motifs is 2. The SMILES string of the molecule is C.CC.CC.CC.CC.CC.CC.Cc1c(C)c(C)c(C)c(C)c1C.c1ccc2[nH]ccc2c1.c1ccc2ccccc2c1. The van der Waals surface area contributed by atoms with Crippen LogP contribution in [0.3, 0.4) is 0 Å². The van der Waals surface area contributed by atoms with Crippen molar-refractivity contribution in [2.45, 2.75) is 132 Å². The Morgan fingerprint density at radius 1 is 0.318 bits per heavy atom. The lowest BCUT2D eigenvalue weighted by atomic mass is 9.90. The molecule has 5 aromatic rings. The summed E-state index contributed by atoms with van der Waals surface area (Å²) in [5, 5.41) is 3.90. The average Bonchev–Trinajstić information content (AvgIpc) is 3.61. The van der Waals surface area contributed by atoms with Gasteiger partial charge in [0.05, 0.1) is 0 Å². The maximum absolute atomic E-state index is 3.12. The van der Waals surface area contributed by atoms with E-state index in [1.165, 1.54) is 55.1 Å². The van der Waals surface area contributed by atoms with Gasteiger partial charge in [-0.25, -0.2) is 0 Å². The van der Waals surface area contributed by atoms with Gasteiger partial charge in [-0.15, -0.1) is 0 Å². The quantitative estimate of drug-likeness (QED) is 0.181. The van der Waals surface area contributed by atoms with Crippen molar-refractivity contribution in [3.05, 3.63) is 118 Å². The van der Waals surface area contributed by atoms with Crippen LogP contribution in [-0.4, -0.2) is 4.98 Å². The lowest BCUT2D eigenvalue weighted by Gasteiger charge is -2.15. The molecule has 0 fully saturated rings. The van der Waals surface area contributed by atoms with E-state index in [9.17, 15) is 0 Å². The van der Waals surface area contributed by atoms with E-state index in [0.29, 0.717) is 0 Å². The van der Waals surface area contributed by atoms with Crippen LogP contribution in [0.2, 0.25) is 0 Å². The first kappa shape index (κ1) is 50.3. The van der Waals surface area contributed by atoms with Crippen molar-refractivity contribution in [3.63, 3.8) is 0 Å². The summed E-state index contributed by atoms with van der Waals surface area (Å²) in [6.45, 7) is 37.3. The second kappa shape index (κ2) is 34.2. The van der Waals surface area contributed by atoms with Crippen LogP contribution in [0.5, 0.6) is 0 Å². The summed E-state index contributed by atoms with van der Waals surface area (Å²) in [6.07, 6.45) is 1.95. The predicted molar refractivity (Wildman–Crippen MR) is 212 cm³/mol. The van der Waals surface area contributed by atoms with E-state index in [0.717, 1.165) is 0 Å². The maximum Gasteiger partial charge on any atom is 0.0453 e. The molecule has 0 spiro atoms. The largest absolute Gasteiger partial charge is 0.361 e. The van der Waals surface area contributed by atoms with Crippen LogP contribution in [0.15, 0.2) is 85.1 Å². The van der Waals surface area contributed by atoms with E-state index < -0.39 is 0 Å². The first-order valence-corrected chi connectivity index (χ1v) is 16.9. The fraction of sp³-hybridized carbons (Fsp3) is 0.442. The van der Waals surface area contributed by atoms with Gasteiger partial charge in [-0.3, -0.25) is 0 Å². The van der Waals surface area contributed by atoms with Crippen LogP contribution in [0.4, 0.5) is 0 Å². The third-order valence-electron chi connectivity index (χ3n) is 6.50. The number of nitrogens with one attached hydrogen (secondary N) is 1. The normalized spacial score (nSPS) is 8.05. The number of hydrogen-bond donors (Lipinski definition) is 1. The molecule has 4 aromatic carbocycles. The van der Waals surface area contributed by atoms with E-state index in [-0.39, 0.29) is 7.43 Å². The average molecular weight is 604 g/mol. The molecule has 5 rings (SSSR count). The molecule has 250 valence electrons. The molecular formula is C43H73N. The number of aromatic amines is 1. The van der Waals surface area contributed by atoms with Gasteiger partial charge >= 0.3 is 0 Å². The zero-order chi connectivity index (χ0) is 34.4. The lowest BCUT2D eigenvalue weighted by molar-refractivity contribution is 1.13. The van der Waals surface area contributed by atoms with Gasteiger partial charge in [0.25, 0.3) is 0 Å². The number of rotatable bonds is 0. The highest BCUT2D eigenvalue weighted by Crippen LogP contribution is 2.24. The number of para-hydroxylation sites is 1. The van der Waals surface area contributed by atoms with Crippen molar-refractivity contribution in [1.29, 1.82) is 0 Å². The molecule has 0 bridgehead atoms. The molecule has 1 nitrogen and oxygen atoms in total. The third kappa shape index (κ3) is 17.7. The van der Waals surface area contributed by atoms with Crippen LogP contribution in [-0.2, 0) is 0 Å². The monoisotopic (exact) mass is 604 g/mol. The molecule has 0 saturated heterocycles. The minimum atomic E-state index is 0. The Balaban J connectivity index is -0.000000147. The molecule has 0 radical (unpaired) electrons. The summed E-state index contributed by atoms with van der Waals surface area (Å²) in [5.41, 5.74) is 9.93. The minimum Gasteiger partial charge on any atom is -0.361 e. The van der Waals surface area contributed by atoms with Crippen molar-refractivity contribution < 1.29 is 0 Å². The molecule has 0 aliphatic heterocycles. The van der Waals surface area contributed by atoms with Gasteiger partial charge in [0, 0.05) is 11.7 Å². The van der Waals surface area contributed by atoms with Gasteiger partial charge in [0.15, 0.2) is 0 Å². The molecule has 1 N–H and O–H groups in total. The summed E-state index contributed by atoms with van der Waals surface area (Å²) in [6, 6.07) is 27.0. The molecule has 0 saturated carbocycles. The molecule has 0 amide bonds. The summed E-state index contributed by atoms with van der Waals surface area (Å²) in [4.78, 5) is 3.12. The van der Waals surface area contributed by atoms with E-state index in [1.54, 1.807) is 0 Å². The van der Waals surface area contributed by atoms with Gasteiger partial charge in [0.1, 0.15) is 0 Å². The highest BCUT2D eigenvalue weighted by molar-refractivity contribution is 5.82. The number of H-pyrrole nitrogens is 1. The van der Waals surface area contributed by atoms with Crippen molar-refractivity contribution in [2.75, 3.05) is 0 Å². The van der Waals surface area contributed by atoms with Gasteiger partial charge in [0.2, 0.25) is 0 Å². The van der Waals surface area contributed by atoms with E-state index >= 15 is 0 Å². The van der Waals surface area contributed by atoms with Crippen LogP contribution >= 0.6 is 0 Å². The molecule has 0 unspecified atom stereocenters. The Kier molecular flexibility index (Phi) is 39.1. The highest BCUT2D eigenvalue weighted by Gasteiger charge is 2.07. The second-order valence-corrected chi connectivity index (χ2v) is 8.16. The van der Waals surface area contributed by atoms with Crippen LogP contribution in [0.1, 0.15) is 124 Å². The Morgan fingerprint density at radius 3 is 0.795 bits per heavy atom. The summed E-state index contributed by atoms with van der Waals surface area (Å²) in [5.74, 6) is 0. The van der Waals surface area contributed by atoms with Gasteiger partial charge in [-0.1, -0.05) is 157 Å². The lowest BCUT2D eigenvalue weighted by Crippen LogP contribution is -1.98. The summed E-state index contributed by atoms with van der Waals surface area (Å²) >= 11 is 0. The smallest absolute Gasteiger partial charge is 0.0453 e. The standard InChI is InChI=1S/C12H18.C10H8.C8H7N.6C2H6.CH4/c1-7-8(2)10(4)12(6)11(5)9(7)3;1-2-6-10-8-4-3-7-9(10)5-1;1-2-4-8-7(3-1)5-6-9-8;6*1-2;/h1-6H3;1-8H;1-6,9H;6*1-2H3;1H4. The first-order chi connectivity index (χ1) is 20.9. The van der Waals surface area contributed by atoms with Gasteiger partial charge in [-0.2, -0.15) is 0 Å². The molecular weight excluding hydrogens is 530 g/mol. The molecule has 1 aromatic heterocycles. The Labute approximate surface area is 276 Å². The molecule has 0 aliphatic carbocycles. The van der Waals surface area contributed by atoms with Crippen molar-refractivity contribution in [3.8, 4) is 0 Å². The van der Waals surface area contributed by atoms with Gasteiger partial charge in [-0.05, 0) is 103 Å². The van der Waals surface area contributed by atoms with Crippen LogP contribution < -0.4 is 0 Å². The zero-order valence-corrected chi connectivity index (χ0v) is 31.6. The zero-order valence-electron chi connectivity index (χ0n) is 31.6. The van der Waals surface area contributed by atoms with Gasteiger partial charge < -0.3 is 4.98 Å². The van der Waals surface area contributed by atoms with E-state index in [4.69, 9.17) is 0 Å². The van der Waals surface area contributed by atoms with Crippen molar-refractivity contribution in [1.82, 2.24) is 4.98 Å². The summed E-state index contributed by atoms with van der Waals surface area (Å²) < 4.78 is 0. The fourth-order valence-corrected chi connectivity index (χ4v) is 3.82. The maximum atomic E-state index is 3.12. The van der Waals surface area contributed by atoms with Crippen molar-refractivity contribution in [2.24, 2.45) is 0 Å². The number of aromatic nitrogens is 1. The van der Waals surface area contributed by atoms with E-state index in [2.05, 4.69) is 113 Å². The molecule has 1 heterocycles. The Hall–Kier alpha value is -3.32. The number of benzene rings is 4. The number of hydrogen-bond acceptors (Lipinski definition) is 0. The third-order valence-corrected chi connectivity index (χ3v) is 6.50. The minimum absolute atomic E-state index is 0. The summed E-state index contributed by atoms with van der Waals surface area (Å²) in [7, 11) is 0. The molecule has 1 heteroatoms. The molecule has 0 atom stereocenters. The Bertz CT molecular complexity index is 1090. The highest BCUT2D eigenvalue weighted by atomic mass is 14.7. The Morgan fingerprint density at radius 2 is 0.545 bits per heavy atom. The first-order valence-electron chi connectivity index (χ1n) is 16.9. The van der Waals surface area contributed by atoms with Crippen molar-refractivity contribution >= 4 is 21.7 Å². The topological polar surface area (TPSA) is 15.8 Å². The molecule has 44 heavy (non-hydrogen) atoms. The predicted octanol–water partition coefficient (Wildman–Crippen LogP) is 15.3. The van der Waals surface area contributed by atoms with E-state index in [1.807, 2.05) is 101 Å². The van der Waals surface area contributed by atoms with Crippen LogP contribution in [0.25, 0.3) is 21.7 Å².